The molecule has 1 rings (SSSR count). The molecule has 0 saturated heterocycles. The molecule has 0 aromatic heterocycles. The van der Waals surface area contributed by atoms with Crippen molar-refractivity contribution in [3.63, 3.8) is 0 Å². The smallest absolute Gasteiger partial charge is 0.306 e. The lowest BCUT2D eigenvalue weighted by Gasteiger charge is -2.22. The van der Waals surface area contributed by atoms with Gasteiger partial charge in [0.05, 0.1) is 26.6 Å². The van der Waals surface area contributed by atoms with Crippen LogP contribution in [-0.4, -0.2) is 43.0 Å². The van der Waals surface area contributed by atoms with Crippen LogP contribution in [0.1, 0.15) is 17.9 Å². The van der Waals surface area contributed by atoms with Crippen LogP contribution in [0.2, 0.25) is 0 Å². The van der Waals surface area contributed by atoms with Crippen LogP contribution in [0.25, 0.3) is 0 Å². The first-order chi connectivity index (χ1) is 10.4. The number of methoxy groups -OCH3 is 2. The molecule has 1 aromatic carbocycles. The van der Waals surface area contributed by atoms with Crippen LogP contribution in [0, 0.1) is 16.0 Å². The molecule has 2 unspecified atom stereocenters. The Morgan fingerprint density at radius 2 is 2.14 bits per heavy atom. The Morgan fingerprint density at radius 1 is 1.45 bits per heavy atom. The fourth-order valence-corrected chi connectivity index (χ4v) is 2.25. The Kier molecular flexibility index (Phi) is 6.30. The molecule has 1 N–H and O–H groups in total. The number of carbonyl (C=O) groups excluding carboxylic acids is 2. The van der Waals surface area contributed by atoms with E-state index in [-0.39, 0.29) is 23.5 Å². The van der Waals surface area contributed by atoms with E-state index < -0.39 is 29.3 Å². The van der Waals surface area contributed by atoms with Gasteiger partial charge in [-0.15, -0.1) is 0 Å². The standard InChI is InChI=1S/C14H17NO7/c1-21-12-5-3-4-11(17)14(12)10(7-15(19)20)9(8-16)6-13(18)22-2/h3-5,8-10,17H,6-7H2,1-2H3. The molecule has 0 amide bonds. The van der Waals surface area contributed by atoms with Crippen molar-refractivity contribution in [1.82, 2.24) is 0 Å². The summed E-state index contributed by atoms with van der Waals surface area (Å²) in [5, 5.41) is 20.9. The topological polar surface area (TPSA) is 116 Å². The first kappa shape index (κ1) is 17.4. The monoisotopic (exact) mass is 311 g/mol. The average molecular weight is 311 g/mol. The third-order valence-corrected chi connectivity index (χ3v) is 3.30. The van der Waals surface area contributed by atoms with Gasteiger partial charge < -0.3 is 19.4 Å². The van der Waals surface area contributed by atoms with Gasteiger partial charge in [0.2, 0.25) is 6.54 Å². The summed E-state index contributed by atoms with van der Waals surface area (Å²) in [7, 11) is 2.50. The van der Waals surface area contributed by atoms with E-state index in [0.717, 1.165) is 7.11 Å². The molecule has 2 atom stereocenters. The van der Waals surface area contributed by atoms with Crippen molar-refractivity contribution in [2.45, 2.75) is 12.3 Å². The Balaban J connectivity index is 3.30. The number of phenolic OH excluding ortho intramolecular Hbond substituents is 1. The Bertz CT molecular complexity index is 558. The van der Waals surface area contributed by atoms with E-state index in [9.17, 15) is 24.8 Å². The molecule has 8 nitrogen and oxygen atoms in total. The molecule has 0 radical (unpaired) electrons. The van der Waals surface area contributed by atoms with E-state index in [0.29, 0.717) is 6.29 Å². The summed E-state index contributed by atoms with van der Waals surface area (Å²) in [5.74, 6) is -2.71. The van der Waals surface area contributed by atoms with E-state index in [4.69, 9.17) is 4.74 Å². The molecule has 0 bridgehead atoms. The van der Waals surface area contributed by atoms with Gasteiger partial charge in [-0.2, -0.15) is 0 Å². The van der Waals surface area contributed by atoms with Gasteiger partial charge in [-0.25, -0.2) is 0 Å². The molecule has 0 spiro atoms. The molecule has 0 fully saturated rings. The van der Waals surface area contributed by atoms with Crippen molar-refractivity contribution in [2.75, 3.05) is 20.8 Å². The second kappa shape index (κ2) is 7.96. The molecule has 22 heavy (non-hydrogen) atoms. The molecule has 0 heterocycles. The largest absolute Gasteiger partial charge is 0.508 e. The fourth-order valence-electron chi connectivity index (χ4n) is 2.25. The van der Waals surface area contributed by atoms with Crippen molar-refractivity contribution in [2.24, 2.45) is 5.92 Å². The van der Waals surface area contributed by atoms with Gasteiger partial charge in [0.1, 0.15) is 17.8 Å². The number of carbonyl (C=O) groups is 2. The normalized spacial score (nSPS) is 13.0. The van der Waals surface area contributed by atoms with Crippen molar-refractivity contribution >= 4 is 12.3 Å². The highest BCUT2D eigenvalue weighted by atomic mass is 16.6. The maximum absolute atomic E-state index is 11.4. The molecule has 8 heteroatoms. The lowest BCUT2D eigenvalue weighted by atomic mass is 9.83. The van der Waals surface area contributed by atoms with Crippen LogP contribution >= 0.6 is 0 Å². The van der Waals surface area contributed by atoms with Gasteiger partial charge in [0.15, 0.2) is 0 Å². The Hall–Kier alpha value is -2.64. The van der Waals surface area contributed by atoms with Crippen LogP contribution < -0.4 is 4.74 Å². The highest BCUT2D eigenvalue weighted by Gasteiger charge is 2.34. The molecular weight excluding hydrogens is 294 g/mol. The minimum Gasteiger partial charge on any atom is -0.508 e. The molecule has 0 saturated carbocycles. The minimum atomic E-state index is -1.01. The summed E-state index contributed by atoms with van der Waals surface area (Å²) in [6, 6.07) is 4.36. The van der Waals surface area contributed by atoms with E-state index in [1.54, 1.807) is 0 Å². The lowest BCUT2D eigenvalue weighted by Crippen LogP contribution is -2.25. The van der Waals surface area contributed by atoms with Gasteiger partial charge in [-0.3, -0.25) is 14.9 Å². The van der Waals surface area contributed by atoms with Crippen molar-refractivity contribution < 1.29 is 29.1 Å². The second-order valence-corrected chi connectivity index (χ2v) is 4.60. The number of nitrogens with zero attached hydrogens (tertiary/aromatic N) is 1. The SMILES string of the molecule is COC(=O)CC(C=O)C(C[N+](=O)[O-])c1c(O)cccc1OC. The van der Waals surface area contributed by atoms with Gasteiger partial charge in [0.25, 0.3) is 0 Å². The van der Waals surface area contributed by atoms with Crippen LogP contribution in [0.4, 0.5) is 0 Å². The van der Waals surface area contributed by atoms with Gasteiger partial charge >= 0.3 is 5.97 Å². The number of rotatable bonds is 8. The zero-order valence-electron chi connectivity index (χ0n) is 12.2. The summed E-state index contributed by atoms with van der Waals surface area (Å²) in [5.41, 5.74) is 0.128. The minimum absolute atomic E-state index is 0.128. The first-order valence-electron chi connectivity index (χ1n) is 6.44. The highest BCUT2D eigenvalue weighted by molar-refractivity contribution is 5.74. The van der Waals surface area contributed by atoms with Crippen molar-refractivity contribution in [1.29, 1.82) is 0 Å². The molecular formula is C14H17NO7. The molecule has 1 aromatic rings. The molecule has 0 aliphatic carbocycles. The summed E-state index contributed by atoms with van der Waals surface area (Å²) >= 11 is 0. The van der Waals surface area contributed by atoms with Crippen molar-refractivity contribution in [3.05, 3.63) is 33.9 Å². The summed E-state index contributed by atoms with van der Waals surface area (Å²) in [4.78, 5) is 33.0. The number of ether oxygens (including phenoxy) is 2. The van der Waals surface area contributed by atoms with E-state index in [1.807, 2.05) is 0 Å². The zero-order valence-corrected chi connectivity index (χ0v) is 12.2. The Morgan fingerprint density at radius 3 is 2.64 bits per heavy atom. The zero-order chi connectivity index (χ0) is 16.7. The van der Waals surface area contributed by atoms with E-state index >= 15 is 0 Å². The number of hydrogen-bond donors (Lipinski definition) is 1. The van der Waals surface area contributed by atoms with Crippen LogP contribution in [0.5, 0.6) is 11.5 Å². The maximum atomic E-state index is 11.4. The van der Waals surface area contributed by atoms with Gasteiger partial charge in [-0.05, 0) is 12.1 Å². The van der Waals surface area contributed by atoms with E-state index in [2.05, 4.69) is 4.74 Å². The predicted molar refractivity (Wildman–Crippen MR) is 75.4 cm³/mol. The third kappa shape index (κ3) is 4.18. The van der Waals surface area contributed by atoms with Crippen molar-refractivity contribution in [3.8, 4) is 11.5 Å². The van der Waals surface area contributed by atoms with Crippen LogP contribution in [0.15, 0.2) is 18.2 Å². The number of aromatic hydroxyl groups is 1. The van der Waals surface area contributed by atoms with Gasteiger partial charge in [-0.1, -0.05) is 6.07 Å². The average Bonchev–Trinajstić information content (AvgIpc) is 2.50. The fraction of sp³-hybridized carbons (Fsp3) is 0.429. The summed E-state index contributed by atoms with van der Waals surface area (Å²) < 4.78 is 9.60. The lowest BCUT2D eigenvalue weighted by molar-refractivity contribution is -0.484. The number of aldehydes is 1. The van der Waals surface area contributed by atoms with Gasteiger partial charge in [0, 0.05) is 16.4 Å². The Labute approximate surface area is 126 Å². The molecule has 0 aliphatic rings. The summed E-state index contributed by atoms with van der Waals surface area (Å²) in [6.07, 6.45) is 0.132. The number of benzene rings is 1. The second-order valence-electron chi connectivity index (χ2n) is 4.60. The summed E-state index contributed by atoms with van der Waals surface area (Å²) in [6.45, 7) is -0.631. The predicted octanol–water partition coefficient (Wildman–Crippen LogP) is 1.14. The number of phenols is 1. The maximum Gasteiger partial charge on any atom is 0.306 e. The molecule has 120 valence electrons. The molecule has 0 aliphatic heterocycles. The van der Waals surface area contributed by atoms with E-state index in [1.165, 1.54) is 25.3 Å². The van der Waals surface area contributed by atoms with Crippen LogP contribution in [0.3, 0.4) is 0 Å². The third-order valence-electron chi connectivity index (χ3n) is 3.30. The highest BCUT2D eigenvalue weighted by Crippen LogP contribution is 2.39. The quantitative estimate of drug-likeness (QED) is 0.331. The number of nitro groups is 1. The van der Waals surface area contributed by atoms with Crippen LogP contribution in [-0.2, 0) is 14.3 Å². The number of hydrogen-bond acceptors (Lipinski definition) is 7. The number of esters is 1. The first-order valence-corrected chi connectivity index (χ1v) is 6.44.